The second kappa shape index (κ2) is 4.11. The van der Waals surface area contributed by atoms with Gasteiger partial charge in [-0.15, -0.1) is 0 Å². The molecule has 1 N–H and O–H groups in total. The van der Waals surface area contributed by atoms with Crippen molar-refractivity contribution in [1.29, 1.82) is 0 Å². The summed E-state index contributed by atoms with van der Waals surface area (Å²) >= 11 is 9.14. The highest BCUT2D eigenvalue weighted by Crippen LogP contribution is 2.31. The van der Waals surface area contributed by atoms with Crippen molar-refractivity contribution >= 4 is 33.5 Å². The van der Waals surface area contributed by atoms with Crippen LogP contribution in [0.15, 0.2) is 22.7 Å². The molecule has 0 fully saturated rings. The molecule has 0 spiro atoms. The minimum absolute atomic E-state index is 0.476. The van der Waals surface area contributed by atoms with Crippen LogP contribution in [0.2, 0.25) is 5.02 Å². The van der Waals surface area contributed by atoms with Gasteiger partial charge in [0.05, 0.1) is 5.92 Å². The Morgan fingerprint density at radius 1 is 1.62 bits per heavy atom. The fourth-order valence-corrected chi connectivity index (χ4v) is 2.21. The molecule has 70 valence electrons. The zero-order chi connectivity index (χ0) is 10.0. The lowest BCUT2D eigenvalue weighted by Gasteiger charge is -2.10. The van der Waals surface area contributed by atoms with Gasteiger partial charge in [0.25, 0.3) is 0 Å². The van der Waals surface area contributed by atoms with E-state index in [9.17, 15) is 4.79 Å². The van der Waals surface area contributed by atoms with Crippen LogP contribution in [0.1, 0.15) is 18.4 Å². The SMILES string of the molecule is CC(C(=O)O)c1c(Cl)cccc1Br. The number of hydrogen-bond acceptors (Lipinski definition) is 1. The molecule has 4 heteroatoms. The van der Waals surface area contributed by atoms with Gasteiger partial charge in [-0.2, -0.15) is 0 Å². The van der Waals surface area contributed by atoms with E-state index in [1.165, 1.54) is 0 Å². The standard InChI is InChI=1S/C9H8BrClO2/c1-5(9(12)13)8-6(10)3-2-4-7(8)11/h2-5H,1H3,(H,12,13). The van der Waals surface area contributed by atoms with Crippen molar-refractivity contribution in [2.45, 2.75) is 12.8 Å². The molecule has 2 nitrogen and oxygen atoms in total. The number of carbonyl (C=O) groups is 1. The molecule has 13 heavy (non-hydrogen) atoms. The molecular weight excluding hydrogens is 255 g/mol. The predicted octanol–water partition coefficient (Wildman–Crippen LogP) is 3.29. The van der Waals surface area contributed by atoms with Crippen LogP contribution in [-0.4, -0.2) is 11.1 Å². The van der Waals surface area contributed by atoms with Gasteiger partial charge >= 0.3 is 5.97 Å². The number of hydrogen-bond donors (Lipinski definition) is 1. The van der Waals surface area contributed by atoms with E-state index in [1.54, 1.807) is 25.1 Å². The Hall–Kier alpha value is -0.540. The van der Waals surface area contributed by atoms with Crippen molar-refractivity contribution < 1.29 is 9.90 Å². The van der Waals surface area contributed by atoms with Crippen LogP contribution in [-0.2, 0) is 4.79 Å². The van der Waals surface area contributed by atoms with Crippen LogP contribution in [0, 0.1) is 0 Å². The van der Waals surface area contributed by atoms with E-state index < -0.39 is 11.9 Å². The zero-order valence-corrected chi connectivity index (χ0v) is 9.26. The zero-order valence-electron chi connectivity index (χ0n) is 6.92. The van der Waals surface area contributed by atoms with Gasteiger partial charge in [-0.3, -0.25) is 4.79 Å². The third-order valence-corrected chi connectivity index (χ3v) is 2.82. The third-order valence-electron chi connectivity index (χ3n) is 1.80. The van der Waals surface area contributed by atoms with Crippen molar-refractivity contribution in [2.24, 2.45) is 0 Å². The van der Waals surface area contributed by atoms with Crippen LogP contribution < -0.4 is 0 Å². The van der Waals surface area contributed by atoms with E-state index in [0.717, 1.165) is 4.47 Å². The van der Waals surface area contributed by atoms with E-state index in [1.807, 2.05) is 0 Å². The number of carboxylic acid groups (broad SMARTS) is 1. The molecule has 0 aliphatic heterocycles. The quantitative estimate of drug-likeness (QED) is 0.889. The Bertz CT molecular complexity index is 318. The van der Waals surface area contributed by atoms with Gasteiger partial charge in [-0.05, 0) is 24.6 Å². The molecule has 0 amide bonds. The summed E-state index contributed by atoms with van der Waals surface area (Å²) in [5, 5.41) is 9.28. The average molecular weight is 264 g/mol. The Morgan fingerprint density at radius 3 is 2.69 bits per heavy atom. The molecule has 1 aromatic carbocycles. The normalized spacial score (nSPS) is 12.5. The van der Waals surface area contributed by atoms with Gasteiger partial charge < -0.3 is 5.11 Å². The Balaban J connectivity index is 3.20. The van der Waals surface area contributed by atoms with E-state index in [4.69, 9.17) is 16.7 Å². The predicted molar refractivity (Wildman–Crippen MR) is 55.2 cm³/mol. The molecule has 0 aliphatic carbocycles. The lowest BCUT2D eigenvalue weighted by Crippen LogP contribution is -2.08. The van der Waals surface area contributed by atoms with E-state index >= 15 is 0 Å². The Morgan fingerprint density at radius 2 is 2.23 bits per heavy atom. The second-order valence-corrected chi connectivity index (χ2v) is 3.96. The number of benzene rings is 1. The van der Waals surface area contributed by atoms with Gasteiger partial charge in [0.1, 0.15) is 0 Å². The lowest BCUT2D eigenvalue weighted by molar-refractivity contribution is -0.138. The first-order valence-electron chi connectivity index (χ1n) is 3.70. The topological polar surface area (TPSA) is 37.3 Å². The van der Waals surface area contributed by atoms with E-state index in [2.05, 4.69) is 15.9 Å². The summed E-state index contributed by atoms with van der Waals surface area (Å²) < 4.78 is 0.731. The molecule has 0 heterocycles. The van der Waals surface area contributed by atoms with Gasteiger partial charge in [0.15, 0.2) is 0 Å². The van der Waals surface area contributed by atoms with Crippen LogP contribution >= 0.6 is 27.5 Å². The summed E-state index contributed by atoms with van der Waals surface area (Å²) in [5.74, 6) is -1.48. The first-order valence-corrected chi connectivity index (χ1v) is 4.88. The maximum atomic E-state index is 10.7. The van der Waals surface area contributed by atoms with Crippen LogP contribution in [0.3, 0.4) is 0 Å². The molecule has 1 atom stereocenters. The third kappa shape index (κ3) is 2.23. The number of rotatable bonds is 2. The van der Waals surface area contributed by atoms with Crippen molar-refractivity contribution in [3.63, 3.8) is 0 Å². The molecular formula is C9H8BrClO2. The van der Waals surface area contributed by atoms with E-state index in [0.29, 0.717) is 10.6 Å². The van der Waals surface area contributed by atoms with Crippen molar-refractivity contribution in [3.05, 3.63) is 33.3 Å². The lowest BCUT2D eigenvalue weighted by atomic mass is 10.0. The molecule has 0 saturated heterocycles. The fourth-order valence-electron chi connectivity index (χ4n) is 1.05. The molecule has 1 unspecified atom stereocenters. The first-order chi connectivity index (χ1) is 6.04. The molecule has 0 saturated carbocycles. The molecule has 1 rings (SSSR count). The van der Waals surface area contributed by atoms with Gasteiger partial charge in [-0.25, -0.2) is 0 Å². The summed E-state index contributed by atoms with van der Waals surface area (Å²) in [6.45, 7) is 1.61. The maximum Gasteiger partial charge on any atom is 0.310 e. The Labute approximate surface area is 89.7 Å². The highest BCUT2D eigenvalue weighted by atomic mass is 79.9. The van der Waals surface area contributed by atoms with E-state index in [-0.39, 0.29) is 0 Å². The summed E-state index contributed by atoms with van der Waals surface area (Å²) in [5.41, 5.74) is 0.622. The van der Waals surface area contributed by atoms with Gasteiger partial charge in [0, 0.05) is 9.50 Å². The van der Waals surface area contributed by atoms with Crippen LogP contribution in [0.25, 0.3) is 0 Å². The molecule has 0 radical (unpaired) electrons. The number of halogens is 2. The number of aliphatic carboxylic acids is 1. The van der Waals surface area contributed by atoms with Crippen LogP contribution in [0.4, 0.5) is 0 Å². The van der Waals surface area contributed by atoms with Crippen LogP contribution in [0.5, 0.6) is 0 Å². The molecule has 0 aromatic heterocycles. The molecule has 0 aliphatic rings. The maximum absolute atomic E-state index is 10.7. The van der Waals surface area contributed by atoms with Crippen molar-refractivity contribution in [2.75, 3.05) is 0 Å². The minimum Gasteiger partial charge on any atom is -0.481 e. The fraction of sp³-hybridized carbons (Fsp3) is 0.222. The summed E-state index contributed by atoms with van der Waals surface area (Å²) in [4.78, 5) is 10.7. The first kappa shape index (κ1) is 10.5. The van der Waals surface area contributed by atoms with Gasteiger partial charge in [-0.1, -0.05) is 33.6 Å². The average Bonchev–Trinajstić information content (AvgIpc) is 2.03. The highest BCUT2D eigenvalue weighted by Gasteiger charge is 2.19. The minimum atomic E-state index is -0.881. The van der Waals surface area contributed by atoms with Gasteiger partial charge in [0.2, 0.25) is 0 Å². The molecule has 0 bridgehead atoms. The number of carboxylic acids is 1. The Kier molecular flexibility index (Phi) is 3.33. The summed E-state index contributed by atoms with van der Waals surface area (Å²) in [6, 6.07) is 5.23. The van der Waals surface area contributed by atoms with Crippen molar-refractivity contribution in [1.82, 2.24) is 0 Å². The summed E-state index contributed by atoms with van der Waals surface area (Å²) in [6.07, 6.45) is 0. The smallest absolute Gasteiger partial charge is 0.310 e. The summed E-state index contributed by atoms with van der Waals surface area (Å²) in [7, 11) is 0. The van der Waals surface area contributed by atoms with Crippen molar-refractivity contribution in [3.8, 4) is 0 Å². The highest BCUT2D eigenvalue weighted by molar-refractivity contribution is 9.10. The second-order valence-electron chi connectivity index (χ2n) is 2.70. The molecule has 1 aromatic rings. The monoisotopic (exact) mass is 262 g/mol. The largest absolute Gasteiger partial charge is 0.481 e.